The number of carbonyl (C=O) groups excluding carboxylic acids is 2. The topological polar surface area (TPSA) is 58.2 Å². The molecular weight excluding hydrogens is 747 g/mol. The summed E-state index contributed by atoms with van der Waals surface area (Å²) in [6.45, 7) is 6.05. The Labute approximate surface area is 354 Å². The Hall–Kier alpha value is -3.32. The second-order valence-corrected chi connectivity index (χ2v) is 23.9. The van der Waals surface area contributed by atoms with Gasteiger partial charge in [-0.3, -0.25) is 9.59 Å². The molecule has 4 rings (SSSR count). The highest BCUT2D eigenvalue weighted by Crippen LogP contribution is 2.58. The molecule has 314 valence electrons. The summed E-state index contributed by atoms with van der Waals surface area (Å²) >= 11 is 0. The minimum Gasteiger partial charge on any atom is -0.353 e. The van der Waals surface area contributed by atoms with Gasteiger partial charge in [0, 0.05) is 13.1 Å². The minimum absolute atomic E-state index is 0.192. The van der Waals surface area contributed by atoms with Crippen LogP contribution in [-0.2, 0) is 9.59 Å². The van der Waals surface area contributed by atoms with Crippen molar-refractivity contribution < 1.29 is 9.59 Å². The fourth-order valence-corrected chi connectivity index (χ4v) is 16.9. The van der Waals surface area contributed by atoms with Crippen LogP contribution in [0.3, 0.4) is 0 Å². The van der Waals surface area contributed by atoms with E-state index in [-0.39, 0.29) is 11.8 Å². The number of rotatable bonds is 31. The van der Waals surface area contributed by atoms with Crippen LogP contribution >= 0.6 is 14.5 Å². The first-order valence-electron chi connectivity index (χ1n) is 23.0. The zero-order chi connectivity index (χ0) is 41.0. The van der Waals surface area contributed by atoms with Gasteiger partial charge in [-0.2, -0.15) is 0 Å². The van der Waals surface area contributed by atoms with E-state index in [1.807, 2.05) is 0 Å². The van der Waals surface area contributed by atoms with Crippen molar-refractivity contribution in [3.63, 3.8) is 0 Å². The zero-order valence-electron chi connectivity index (χ0n) is 36.2. The zero-order valence-corrected chi connectivity index (χ0v) is 38.0. The van der Waals surface area contributed by atoms with Gasteiger partial charge in [-0.1, -0.05) is 164 Å². The molecule has 0 aliphatic heterocycles. The second-order valence-electron chi connectivity index (χ2n) is 16.4. The van der Waals surface area contributed by atoms with E-state index in [0.29, 0.717) is 12.3 Å². The Balaban J connectivity index is 1.42. The van der Waals surface area contributed by atoms with Gasteiger partial charge < -0.3 is 10.6 Å². The van der Waals surface area contributed by atoms with E-state index in [4.69, 9.17) is 0 Å². The third-order valence-corrected chi connectivity index (χ3v) is 20.8. The average molecular weight is 823 g/mol. The molecule has 58 heavy (non-hydrogen) atoms. The highest BCUT2D eigenvalue weighted by Gasteiger charge is 2.45. The van der Waals surface area contributed by atoms with Crippen molar-refractivity contribution in [2.45, 2.75) is 129 Å². The Morgan fingerprint density at radius 2 is 0.621 bits per heavy atom. The van der Waals surface area contributed by atoms with Crippen molar-refractivity contribution in [2.75, 3.05) is 37.7 Å². The SMILES string of the molecule is CCCCCCCCCNC(=O)C[P+](CCCCCC[P+](CC(=O)NCCCCCCCCC)(c1ccccc1)c1ccccc1)(c1ccccc1)c1ccccc1. The van der Waals surface area contributed by atoms with Crippen LogP contribution in [-0.4, -0.2) is 49.6 Å². The maximum absolute atomic E-state index is 13.8. The summed E-state index contributed by atoms with van der Waals surface area (Å²) in [4.78, 5) is 27.6. The third-order valence-electron chi connectivity index (χ3n) is 11.9. The lowest BCUT2D eigenvalue weighted by Gasteiger charge is -2.28. The molecule has 2 amide bonds. The predicted octanol–water partition coefficient (Wildman–Crippen LogP) is 11.6. The molecular formula is C52H76N2O2P2+2. The highest BCUT2D eigenvalue weighted by atomic mass is 31.2. The summed E-state index contributed by atoms with van der Waals surface area (Å²) in [7, 11) is -4.02. The molecule has 0 heterocycles. The molecule has 0 aromatic heterocycles. The van der Waals surface area contributed by atoms with Crippen molar-refractivity contribution in [2.24, 2.45) is 0 Å². The fourth-order valence-electron chi connectivity index (χ4n) is 8.53. The van der Waals surface area contributed by atoms with Crippen molar-refractivity contribution in [3.05, 3.63) is 121 Å². The first-order valence-corrected chi connectivity index (χ1v) is 27.4. The lowest BCUT2D eigenvalue weighted by atomic mass is 10.1. The molecule has 0 atom stereocenters. The number of carbonyl (C=O) groups is 2. The van der Waals surface area contributed by atoms with Crippen LogP contribution in [0.15, 0.2) is 121 Å². The number of unbranched alkanes of at least 4 members (excludes halogenated alkanes) is 15. The lowest BCUT2D eigenvalue weighted by molar-refractivity contribution is -0.119. The summed E-state index contributed by atoms with van der Waals surface area (Å²) in [6, 6.07) is 43.6. The van der Waals surface area contributed by atoms with Gasteiger partial charge in [0.05, 0.1) is 48.1 Å². The van der Waals surface area contributed by atoms with E-state index in [1.165, 1.54) is 98.3 Å². The van der Waals surface area contributed by atoms with Crippen LogP contribution in [0.1, 0.15) is 129 Å². The first-order chi connectivity index (χ1) is 28.5. The molecule has 0 aliphatic carbocycles. The molecule has 0 radical (unpaired) electrons. The summed E-state index contributed by atoms with van der Waals surface area (Å²) in [5.41, 5.74) is 0. The minimum atomic E-state index is -2.01. The predicted molar refractivity (Wildman–Crippen MR) is 258 cm³/mol. The van der Waals surface area contributed by atoms with Crippen molar-refractivity contribution in [1.82, 2.24) is 10.6 Å². The van der Waals surface area contributed by atoms with Crippen LogP contribution in [0.4, 0.5) is 0 Å². The van der Waals surface area contributed by atoms with Gasteiger partial charge in [-0.05, 0) is 87.1 Å². The smallest absolute Gasteiger partial charge is 0.258 e. The Bertz CT molecular complexity index is 1450. The second kappa shape index (κ2) is 28.2. The molecule has 0 aliphatic rings. The maximum Gasteiger partial charge on any atom is 0.258 e. The van der Waals surface area contributed by atoms with Gasteiger partial charge in [0.2, 0.25) is 0 Å². The number of amides is 2. The summed E-state index contributed by atoms with van der Waals surface area (Å²) < 4.78 is 0. The van der Waals surface area contributed by atoms with E-state index in [0.717, 1.165) is 63.9 Å². The standard InChI is InChI=1S/C52H74N2O2P2/c1-3-5-7-9-11-13-29-41-53-51(55)45-57(47-33-21-17-22-34-47,48-35-23-18-24-36-48)43-31-15-16-32-44-58(49-37-25-19-26-38-49,50-39-27-20-28-40-50)46-52(56)54-42-30-14-12-10-8-6-4-2/h17-28,33-40H,3-16,29-32,41-46H2,1-2H3/p+2. The molecule has 4 aromatic carbocycles. The molecule has 4 aromatic rings. The largest absolute Gasteiger partial charge is 0.353 e. The molecule has 0 saturated heterocycles. The van der Waals surface area contributed by atoms with E-state index >= 15 is 0 Å². The molecule has 0 bridgehead atoms. The normalized spacial score (nSPS) is 11.7. The molecule has 2 N–H and O–H groups in total. The van der Waals surface area contributed by atoms with Crippen LogP contribution in [0, 0.1) is 0 Å². The number of hydrogen-bond acceptors (Lipinski definition) is 2. The molecule has 6 heteroatoms. The van der Waals surface area contributed by atoms with Gasteiger partial charge in [0.1, 0.15) is 12.3 Å². The monoisotopic (exact) mass is 823 g/mol. The number of hydrogen-bond donors (Lipinski definition) is 2. The van der Waals surface area contributed by atoms with Crippen molar-refractivity contribution in [3.8, 4) is 0 Å². The quantitative estimate of drug-likeness (QED) is 0.0392. The van der Waals surface area contributed by atoms with Crippen LogP contribution in [0.25, 0.3) is 0 Å². The van der Waals surface area contributed by atoms with E-state index < -0.39 is 14.5 Å². The summed E-state index contributed by atoms with van der Waals surface area (Å²) in [5.74, 6) is 0.384. The molecule has 0 saturated carbocycles. The fraction of sp³-hybridized carbons (Fsp3) is 0.500. The van der Waals surface area contributed by atoms with Gasteiger partial charge in [-0.15, -0.1) is 0 Å². The molecule has 4 nitrogen and oxygen atoms in total. The Kier molecular flexibility index (Phi) is 23.0. The molecule has 0 fully saturated rings. The van der Waals surface area contributed by atoms with Gasteiger partial charge >= 0.3 is 0 Å². The summed E-state index contributed by atoms with van der Waals surface area (Å²) in [6.07, 6.45) is 24.9. The number of nitrogens with one attached hydrogen (secondary N) is 2. The molecule has 0 unspecified atom stereocenters. The number of benzene rings is 4. The molecule has 0 spiro atoms. The lowest BCUT2D eigenvalue weighted by Crippen LogP contribution is -2.36. The van der Waals surface area contributed by atoms with Crippen LogP contribution < -0.4 is 31.9 Å². The first kappa shape index (κ1) is 47.4. The van der Waals surface area contributed by atoms with Crippen molar-refractivity contribution >= 4 is 47.6 Å². The Morgan fingerprint density at radius 1 is 0.362 bits per heavy atom. The van der Waals surface area contributed by atoms with E-state index in [2.05, 4.69) is 146 Å². The Morgan fingerprint density at radius 3 is 0.914 bits per heavy atom. The highest BCUT2D eigenvalue weighted by molar-refractivity contribution is 7.90. The third kappa shape index (κ3) is 16.0. The van der Waals surface area contributed by atoms with E-state index in [9.17, 15) is 9.59 Å². The van der Waals surface area contributed by atoms with Crippen molar-refractivity contribution in [1.29, 1.82) is 0 Å². The van der Waals surface area contributed by atoms with Gasteiger partial charge in [0.25, 0.3) is 11.8 Å². The maximum atomic E-state index is 13.8. The van der Waals surface area contributed by atoms with E-state index in [1.54, 1.807) is 0 Å². The summed E-state index contributed by atoms with van der Waals surface area (Å²) in [5, 5.41) is 12.0. The van der Waals surface area contributed by atoms with Crippen LogP contribution in [0.5, 0.6) is 0 Å². The van der Waals surface area contributed by atoms with Gasteiger partial charge in [0.15, 0.2) is 0 Å². The average Bonchev–Trinajstić information content (AvgIpc) is 3.27. The van der Waals surface area contributed by atoms with Gasteiger partial charge in [-0.25, -0.2) is 0 Å². The van der Waals surface area contributed by atoms with Crippen LogP contribution in [0.2, 0.25) is 0 Å².